The van der Waals surface area contributed by atoms with Crippen molar-refractivity contribution in [1.82, 2.24) is 5.43 Å². The predicted octanol–water partition coefficient (Wildman–Crippen LogP) is 0.318. The van der Waals surface area contributed by atoms with E-state index in [-0.39, 0.29) is 0 Å². The lowest BCUT2D eigenvalue weighted by molar-refractivity contribution is -0.238. The molecule has 0 aliphatic carbocycles. The van der Waals surface area contributed by atoms with Gasteiger partial charge >= 0.3 is 6.09 Å². The van der Waals surface area contributed by atoms with Crippen molar-refractivity contribution in [3.63, 3.8) is 0 Å². The van der Waals surface area contributed by atoms with Crippen LogP contribution < -0.4 is 11.3 Å². The van der Waals surface area contributed by atoms with Gasteiger partial charge < -0.3 is 0 Å². The van der Waals surface area contributed by atoms with Crippen LogP contribution in [0.3, 0.4) is 0 Å². The normalized spacial score (nSPS) is 9.00. The topological polar surface area (TPSA) is 73.6 Å². The SMILES string of the molecule is CCCCOOC(=O)NN. The number of nitrogens with one attached hydrogen (secondary N) is 1. The van der Waals surface area contributed by atoms with Crippen molar-refractivity contribution in [2.45, 2.75) is 19.8 Å². The minimum atomic E-state index is -0.781. The molecule has 0 radical (unpaired) electrons. The van der Waals surface area contributed by atoms with Gasteiger partial charge in [0.05, 0.1) is 6.61 Å². The molecular weight excluding hydrogens is 136 g/mol. The highest BCUT2D eigenvalue weighted by atomic mass is 17.2. The Morgan fingerprint density at radius 3 is 2.90 bits per heavy atom. The van der Waals surface area contributed by atoms with Crippen molar-refractivity contribution in [3.05, 3.63) is 0 Å². The van der Waals surface area contributed by atoms with Crippen molar-refractivity contribution in [1.29, 1.82) is 0 Å². The van der Waals surface area contributed by atoms with Crippen LogP contribution in [0.5, 0.6) is 0 Å². The molecule has 3 N–H and O–H groups in total. The predicted molar refractivity (Wildman–Crippen MR) is 34.7 cm³/mol. The maximum atomic E-state index is 10.2. The number of hydrogen-bond acceptors (Lipinski definition) is 4. The van der Waals surface area contributed by atoms with Gasteiger partial charge in [0.15, 0.2) is 0 Å². The summed E-state index contributed by atoms with van der Waals surface area (Å²) < 4.78 is 0. The fourth-order valence-electron chi connectivity index (χ4n) is 0.323. The van der Waals surface area contributed by atoms with Gasteiger partial charge in [-0.05, 0) is 6.42 Å². The molecule has 0 atom stereocenters. The van der Waals surface area contributed by atoms with Gasteiger partial charge in [0.1, 0.15) is 0 Å². The van der Waals surface area contributed by atoms with Crippen LogP contribution in [0.4, 0.5) is 4.79 Å². The minimum Gasteiger partial charge on any atom is -0.274 e. The van der Waals surface area contributed by atoms with Crippen LogP contribution in [-0.4, -0.2) is 12.7 Å². The van der Waals surface area contributed by atoms with Crippen molar-refractivity contribution < 1.29 is 14.6 Å². The molecule has 10 heavy (non-hydrogen) atoms. The Kier molecular flexibility index (Phi) is 5.80. The van der Waals surface area contributed by atoms with Crippen LogP contribution in [0.15, 0.2) is 0 Å². The lowest BCUT2D eigenvalue weighted by Crippen LogP contribution is -2.30. The fourth-order valence-corrected chi connectivity index (χ4v) is 0.323. The summed E-state index contributed by atoms with van der Waals surface area (Å²) in [6.45, 7) is 2.41. The number of carbonyl (C=O) groups excluding carboxylic acids is 1. The molecule has 0 saturated heterocycles. The highest BCUT2D eigenvalue weighted by Gasteiger charge is 1.96. The molecule has 0 heterocycles. The van der Waals surface area contributed by atoms with Crippen molar-refractivity contribution in [2.24, 2.45) is 5.84 Å². The molecule has 0 unspecified atom stereocenters. The quantitative estimate of drug-likeness (QED) is 0.198. The zero-order valence-electron chi connectivity index (χ0n) is 5.92. The average Bonchev–Trinajstić information content (AvgIpc) is 1.98. The summed E-state index contributed by atoms with van der Waals surface area (Å²) in [7, 11) is 0. The van der Waals surface area contributed by atoms with Gasteiger partial charge in [0.2, 0.25) is 0 Å². The second-order valence-electron chi connectivity index (χ2n) is 1.69. The third-order valence-corrected chi connectivity index (χ3v) is 0.834. The van der Waals surface area contributed by atoms with Gasteiger partial charge in [-0.15, -0.1) is 0 Å². The van der Waals surface area contributed by atoms with Gasteiger partial charge in [0.25, 0.3) is 0 Å². The molecule has 5 nitrogen and oxygen atoms in total. The van der Waals surface area contributed by atoms with E-state index in [9.17, 15) is 4.79 Å². The third-order valence-electron chi connectivity index (χ3n) is 0.834. The zero-order valence-corrected chi connectivity index (χ0v) is 5.92. The van der Waals surface area contributed by atoms with E-state index in [2.05, 4.69) is 15.6 Å². The number of unbranched alkanes of at least 4 members (excludes halogenated alkanes) is 1. The van der Waals surface area contributed by atoms with Crippen molar-refractivity contribution in [2.75, 3.05) is 6.61 Å². The first-order valence-corrected chi connectivity index (χ1v) is 3.11. The van der Waals surface area contributed by atoms with E-state index >= 15 is 0 Å². The first-order chi connectivity index (χ1) is 4.81. The highest BCUT2D eigenvalue weighted by molar-refractivity contribution is 5.65. The van der Waals surface area contributed by atoms with E-state index in [0.29, 0.717) is 6.61 Å². The summed E-state index contributed by atoms with van der Waals surface area (Å²) in [5.41, 5.74) is 1.76. The minimum absolute atomic E-state index is 0.407. The Hall–Kier alpha value is -0.810. The van der Waals surface area contributed by atoms with Gasteiger partial charge in [-0.1, -0.05) is 13.3 Å². The van der Waals surface area contributed by atoms with Gasteiger partial charge in [-0.2, -0.15) is 4.89 Å². The molecular formula is C5H12N2O3. The average molecular weight is 148 g/mol. The molecule has 1 amide bonds. The summed E-state index contributed by atoms with van der Waals surface area (Å²) in [5, 5.41) is 0. The summed E-state index contributed by atoms with van der Waals surface area (Å²) in [5.74, 6) is 4.68. The molecule has 0 saturated carbocycles. The molecule has 60 valence electrons. The lowest BCUT2D eigenvalue weighted by Gasteiger charge is -1.99. The molecule has 0 bridgehead atoms. The molecule has 0 aromatic rings. The Balaban J connectivity index is 2.96. The van der Waals surface area contributed by atoms with Crippen LogP contribution >= 0.6 is 0 Å². The molecule has 0 fully saturated rings. The standard InChI is InChI=1S/C5H12N2O3/c1-2-3-4-9-10-5(8)7-6/h2-4,6H2,1H3,(H,7,8). The number of carbonyl (C=O) groups is 1. The van der Waals surface area contributed by atoms with Crippen LogP contribution in [0.25, 0.3) is 0 Å². The number of hydrazine groups is 1. The highest BCUT2D eigenvalue weighted by Crippen LogP contribution is 1.88. The molecule has 0 spiro atoms. The second-order valence-corrected chi connectivity index (χ2v) is 1.69. The Morgan fingerprint density at radius 2 is 2.40 bits per heavy atom. The van der Waals surface area contributed by atoms with Crippen molar-refractivity contribution >= 4 is 6.09 Å². The molecule has 0 aromatic carbocycles. The van der Waals surface area contributed by atoms with E-state index < -0.39 is 6.09 Å². The number of hydrogen-bond donors (Lipinski definition) is 2. The first kappa shape index (κ1) is 9.19. The summed E-state index contributed by atoms with van der Waals surface area (Å²) in [6, 6.07) is 0. The maximum absolute atomic E-state index is 10.2. The van der Waals surface area contributed by atoms with Crippen LogP contribution in [0.1, 0.15) is 19.8 Å². The van der Waals surface area contributed by atoms with E-state index in [0.717, 1.165) is 12.8 Å². The monoisotopic (exact) mass is 148 g/mol. The zero-order chi connectivity index (χ0) is 7.82. The molecule has 5 heteroatoms. The molecule has 0 aromatic heterocycles. The van der Waals surface area contributed by atoms with E-state index in [1.54, 1.807) is 5.43 Å². The summed E-state index contributed by atoms with van der Waals surface area (Å²) >= 11 is 0. The molecule has 0 aliphatic heterocycles. The van der Waals surface area contributed by atoms with E-state index in [4.69, 9.17) is 0 Å². The Labute approximate surface area is 59.4 Å². The van der Waals surface area contributed by atoms with E-state index in [1.807, 2.05) is 6.92 Å². The van der Waals surface area contributed by atoms with Gasteiger partial charge in [-0.3, -0.25) is 10.3 Å². The first-order valence-electron chi connectivity index (χ1n) is 3.11. The number of nitrogens with two attached hydrogens (primary N) is 1. The summed E-state index contributed by atoms with van der Waals surface area (Å²) in [6.07, 6.45) is 1.07. The second kappa shape index (κ2) is 6.31. The number of amides is 1. The maximum Gasteiger partial charge on any atom is 0.452 e. The largest absolute Gasteiger partial charge is 0.452 e. The Bertz CT molecular complexity index is 96.9. The van der Waals surface area contributed by atoms with Crippen LogP contribution in [0.2, 0.25) is 0 Å². The number of rotatable bonds is 4. The Morgan fingerprint density at radius 1 is 1.70 bits per heavy atom. The molecule has 0 rings (SSSR count). The fraction of sp³-hybridized carbons (Fsp3) is 0.800. The lowest BCUT2D eigenvalue weighted by atomic mass is 10.4. The molecule has 0 aliphatic rings. The van der Waals surface area contributed by atoms with E-state index in [1.165, 1.54) is 0 Å². The van der Waals surface area contributed by atoms with Gasteiger partial charge in [0, 0.05) is 0 Å². The smallest absolute Gasteiger partial charge is 0.274 e. The third kappa shape index (κ3) is 5.33. The summed E-state index contributed by atoms with van der Waals surface area (Å²) in [4.78, 5) is 18.7. The van der Waals surface area contributed by atoms with Crippen LogP contribution in [-0.2, 0) is 9.78 Å². The van der Waals surface area contributed by atoms with Crippen LogP contribution in [0, 0.1) is 0 Å². The van der Waals surface area contributed by atoms with Gasteiger partial charge in [-0.25, -0.2) is 10.6 Å². The van der Waals surface area contributed by atoms with Crippen molar-refractivity contribution in [3.8, 4) is 0 Å².